The predicted octanol–water partition coefficient (Wildman–Crippen LogP) is 0.970. The number of carbonyl (C=O) groups is 1. The molecule has 0 radical (unpaired) electrons. The molecule has 0 unspecified atom stereocenters. The van der Waals surface area contributed by atoms with E-state index in [1.54, 1.807) is 4.68 Å². The first-order chi connectivity index (χ1) is 6.88. The highest BCUT2D eigenvalue weighted by molar-refractivity contribution is 5.97. The van der Waals surface area contributed by atoms with E-state index in [4.69, 9.17) is 5.73 Å². The first-order valence-electron chi connectivity index (χ1n) is 5.00. The fraction of sp³-hybridized carbons (Fsp3) is 0.600. The monoisotopic (exact) mass is 210 g/mol. The number of nitrogens with one attached hydrogen (secondary N) is 1. The molecule has 0 atom stereocenters. The summed E-state index contributed by atoms with van der Waals surface area (Å²) in [7, 11) is 0. The highest BCUT2D eigenvalue weighted by Gasteiger charge is 2.23. The fourth-order valence-electron chi connectivity index (χ4n) is 1.34. The summed E-state index contributed by atoms with van der Waals surface area (Å²) < 4.78 is 1.65. The molecule has 0 aliphatic carbocycles. The van der Waals surface area contributed by atoms with Crippen LogP contribution in [-0.2, 0) is 5.54 Å². The maximum atomic E-state index is 11.7. The summed E-state index contributed by atoms with van der Waals surface area (Å²) in [5.41, 5.74) is 6.32. The molecular weight excluding hydrogens is 192 g/mol. The van der Waals surface area contributed by atoms with Gasteiger partial charge in [-0.1, -0.05) is 0 Å². The van der Waals surface area contributed by atoms with Crippen LogP contribution < -0.4 is 11.1 Å². The Kier molecular flexibility index (Phi) is 3.02. The normalized spacial score (nSPS) is 11.5. The molecule has 3 N–H and O–H groups in total. The van der Waals surface area contributed by atoms with E-state index in [1.165, 1.54) is 6.20 Å². The molecule has 0 saturated heterocycles. The molecule has 1 aromatic rings. The Labute approximate surface area is 89.6 Å². The molecule has 0 aromatic carbocycles. The molecule has 0 saturated carbocycles. The summed E-state index contributed by atoms with van der Waals surface area (Å²) in [5.74, 6) is -0.178. The van der Waals surface area contributed by atoms with Crippen molar-refractivity contribution in [3.8, 4) is 0 Å². The molecule has 0 aliphatic rings. The summed E-state index contributed by atoms with van der Waals surface area (Å²) in [6.07, 6.45) is 1.51. The second-order valence-electron chi connectivity index (χ2n) is 4.39. The number of hydrogen-bond donors (Lipinski definition) is 2. The van der Waals surface area contributed by atoms with Crippen LogP contribution in [0.3, 0.4) is 0 Å². The van der Waals surface area contributed by atoms with E-state index in [0.29, 0.717) is 17.9 Å². The van der Waals surface area contributed by atoms with Gasteiger partial charge in [-0.15, -0.1) is 0 Å². The van der Waals surface area contributed by atoms with Crippen molar-refractivity contribution >= 4 is 11.6 Å². The Morgan fingerprint density at radius 3 is 2.67 bits per heavy atom. The number of nitrogens with zero attached hydrogens (tertiary/aromatic N) is 2. The number of nitrogen functional groups attached to an aromatic ring is 1. The van der Waals surface area contributed by atoms with Gasteiger partial charge in [0.2, 0.25) is 0 Å². The van der Waals surface area contributed by atoms with E-state index in [0.717, 1.165) is 0 Å². The fourth-order valence-corrected chi connectivity index (χ4v) is 1.34. The summed E-state index contributed by atoms with van der Waals surface area (Å²) >= 11 is 0. The van der Waals surface area contributed by atoms with Crippen LogP contribution in [0.25, 0.3) is 0 Å². The molecule has 1 amide bonds. The number of rotatable bonds is 2. The molecule has 0 bridgehead atoms. The van der Waals surface area contributed by atoms with Crippen molar-refractivity contribution in [1.29, 1.82) is 0 Å². The van der Waals surface area contributed by atoms with Crippen LogP contribution in [0.5, 0.6) is 0 Å². The highest BCUT2D eigenvalue weighted by Crippen LogP contribution is 2.20. The minimum atomic E-state index is -0.252. The highest BCUT2D eigenvalue weighted by atomic mass is 16.2. The largest absolute Gasteiger partial charge is 0.396 e. The van der Waals surface area contributed by atoms with E-state index >= 15 is 0 Å². The van der Waals surface area contributed by atoms with Crippen molar-refractivity contribution in [2.75, 3.05) is 12.3 Å². The van der Waals surface area contributed by atoms with Crippen LogP contribution in [0.4, 0.5) is 5.69 Å². The van der Waals surface area contributed by atoms with E-state index in [2.05, 4.69) is 10.4 Å². The SMILES string of the molecule is CCNC(=O)c1c(N)cnn1C(C)(C)C. The molecule has 84 valence electrons. The molecule has 1 heterocycles. The zero-order valence-corrected chi connectivity index (χ0v) is 9.66. The molecular formula is C10H18N4O. The third kappa shape index (κ3) is 2.29. The Balaban J connectivity index is 3.16. The van der Waals surface area contributed by atoms with Crippen molar-refractivity contribution in [2.45, 2.75) is 33.2 Å². The quantitative estimate of drug-likeness (QED) is 0.764. The van der Waals surface area contributed by atoms with Gasteiger partial charge < -0.3 is 11.1 Å². The Morgan fingerprint density at radius 2 is 2.20 bits per heavy atom. The minimum Gasteiger partial charge on any atom is -0.396 e. The first-order valence-corrected chi connectivity index (χ1v) is 5.00. The molecule has 0 fully saturated rings. The van der Waals surface area contributed by atoms with Gasteiger partial charge in [-0.25, -0.2) is 0 Å². The molecule has 1 rings (SSSR count). The molecule has 15 heavy (non-hydrogen) atoms. The van der Waals surface area contributed by atoms with Crippen LogP contribution in [0, 0.1) is 0 Å². The second kappa shape index (κ2) is 3.92. The van der Waals surface area contributed by atoms with Crippen molar-refractivity contribution < 1.29 is 4.79 Å². The number of amides is 1. The van der Waals surface area contributed by atoms with Crippen LogP contribution >= 0.6 is 0 Å². The van der Waals surface area contributed by atoms with E-state index in [1.807, 2.05) is 27.7 Å². The summed E-state index contributed by atoms with van der Waals surface area (Å²) in [5, 5.41) is 6.84. The van der Waals surface area contributed by atoms with Gasteiger partial charge in [0, 0.05) is 6.54 Å². The summed E-state index contributed by atoms with van der Waals surface area (Å²) in [4.78, 5) is 11.7. The zero-order chi connectivity index (χ0) is 11.6. The van der Waals surface area contributed by atoms with Crippen LogP contribution in [-0.4, -0.2) is 22.2 Å². The van der Waals surface area contributed by atoms with Crippen molar-refractivity contribution in [3.05, 3.63) is 11.9 Å². The molecule has 5 nitrogen and oxygen atoms in total. The van der Waals surface area contributed by atoms with Gasteiger partial charge >= 0.3 is 0 Å². The Morgan fingerprint density at radius 1 is 1.60 bits per heavy atom. The number of anilines is 1. The maximum absolute atomic E-state index is 11.7. The second-order valence-corrected chi connectivity index (χ2v) is 4.39. The van der Waals surface area contributed by atoms with Crippen LogP contribution in [0.2, 0.25) is 0 Å². The number of carbonyl (C=O) groups excluding carboxylic acids is 1. The van der Waals surface area contributed by atoms with Gasteiger partial charge in [-0.2, -0.15) is 5.10 Å². The van der Waals surface area contributed by atoms with Gasteiger partial charge in [0.15, 0.2) is 0 Å². The lowest BCUT2D eigenvalue weighted by atomic mass is 10.1. The molecule has 1 aromatic heterocycles. The van der Waals surface area contributed by atoms with E-state index in [-0.39, 0.29) is 11.4 Å². The lowest BCUT2D eigenvalue weighted by Crippen LogP contribution is -2.32. The van der Waals surface area contributed by atoms with Gasteiger partial charge in [0.25, 0.3) is 5.91 Å². The minimum absolute atomic E-state index is 0.178. The molecule has 5 heteroatoms. The lowest BCUT2D eigenvalue weighted by Gasteiger charge is -2.22. The lowest BCUT2D eigenvalue weighted by molar-refractivity contribution is 0.0938. The van der Waals surface area contributed by atoms with Crippen molar-refractivity contribution in [1.82, 2.24) is 15.1 Å². The van der Waals surface area contributed by atoms with Crippen LogP contribution in [0.1, 0.15) is 38.2 Å². The first kappa shape index (κ1) is 11.6. The number of aromatic nitrogens is 2. The topological polar surface area (TPSA) is 72.9 Å². The van der Waals surface area contributed by atoms with Crippen molar-refractivity contribution in [3.63, 3.8) is 0 Å². The number of hydrogen-bond acceptors (Lipinski definition) is 3. The molecule has 0 aliphatic heterocycles. The predicted molar refractivity (Wildman–Crippen MR) is 59.6 cm³/mol. The molecule has 0 spiro atoms. The Bertz CT molecular complexity index is 362. The standard InChI is InChI=1S/C10H18N4O/c1-5-12-9(15)8-7(11)6-13-14(8)10(2,3)4/h6H,5,11H2,1-4H3,(H,12,15). The third-order valence-corrected chi connectivity index (χ3v) is 1.99. The van der Waals surface area contributed by atoms with Gasteiger partial charge in [0.05, 0.1) is 17.4 Å². The summed E-state index contributed by atoms with van der Waals surface area (Å²) in [6, 6.07) is 0. The summed E-state index contributed by atoms with van der Waals surface area (Å²) in [6.45, 7) is 8.37. The van der Waals surface area contributed by atoms with Gasteiger partial charge in [0.1, 0.15) is 5.69 Å². The number of nitrogens with two attached hydrogens (primary N) is 1. The smallest absolute Gasteiger partial charge is 0.271 e. The van der Waals surface area contributed by atoms with E-state index in [9.17, 15) is 4.79 Å². The van der Waals surface area contributed by atoms with Gasteiger partial charge in [-0.05, 0) is 27.7 Å². The average molecular weight is 210 g/mol. The third-order valence-electron chi connectivity index (χ3n) is 1.99. The van der Waals surface area contributed by atoms with E-state index < -0.39 is 0 Å². The zero-order valence-electron chi connectivity index (χ0n) is 9.66. The van der Waals surface area contributed by atoms with Crippen LogP contribution in [0.15, 0.2) is 6.20 Å². The van der Waals surface area contributed by atoms with Crippen molar-refractivity contribution in [2.24, 2.45) is 0 Å². The Hall–Kier alpha value is -1.52. The average Bonchev–Trinajstić information content (AvgIpc) is 2.46. The maximum Gasteiger partial charge on any atom is 0.271 e. The van der Waals surface area contributed by atoms with Gasteiger partial charge in [-0.3, -0.25) is 9.48 Å².